The molecule has 10 heteroatoms. The van der Waals surface area contributed by atoms with E-state index in [-0.39, 0.29) is 32.8 Å². The summed E-state index contributed by atoms with van der Waals surface area (Å²) in [4.78, 5) is 22.4. The molecule has 4 unspecified atom stereocenters. The molecular formula is C45H78NO8P. The van der Waals surface area contributed by atoms with Crippen LogP contribution in [-0.4, -0.2) is 55.5 Å². The molecule has 0 bridgehead atoms. The lowest BCUT2D eigenvalue weighted by atomic mass is 10.0. The Morgan fingerprint density at radius 1 is 0.673 bits per heavy atom. The highest BCUT2D eigenvalue weighted by Crippen LogP contribution is 2.43. The van der Waals surface area contributed by atoms with Gasteiger partial charge in [-0.3, -0.25) is 13.8 Å². The molecule has 0 aromatic carbocycles. The number of ether oxygens (including phenoxy) is 3. The fraction of sp³-hybridized carbons (Fsp3) is 0.711. The Hall–Kier alpha value is -2.26. The van der Waals surface area contributed by atoms with Crippen LogP contribution in [0.5, 0.6) is 0 Å². The van der Waals surface area contributed by atoms with Gasteiger partial charge in [-0.15, -0.1) is 0 Å². The van der Waals surface area contributed by atoms with E-state index < -0.39 is 19.9 Å². The highest BCUT2D eigenvalue weighted by atomic mass is 31.2. The fourth-order valence-corrected chi connectivity index (χ4v) is 6.62. The van der Waals surface area contributed by atoms with Crippen LogP contribution in [0.15, 0.2) is 73.1 Å². The molecule has 4 atom stereocenters. The number of phosphoric ester groups is 1. The van der Waals surface area contributed by atoms with Crippen molar-refractivity contribution in [3.63, 3.8) is 0 Å². The third kappa shape index (κ3) is 34.7. The average Bonchev–Trinajstić information content (AvgIpc) is 3.93. The van der Waals surface area contributed by atoms with Gasteiger partial charge in [-0.25, -0.2) is 4.57 Å². The van der Waals surface area contributed by atoms with Crippen LogP contribution in [0.2, 0.25) is 0 Å². The van der Waals surface area contributed by atoms with Gasteiger partial charge in [0.2, 0.25) is 0 Å². The van der Waals surface area contributed by atoms with Crippen LogP contribution in [0.1, 0.15) is 162 Å². The van der Waals surface area contributed by atoms with Gasteiger partial charge in [-0.1, -0.05) is 158 Å². The van der Waals surface area contributed by atoms with Gasteiger partial charge in [0.15, 0.2) is 6.10 Å². The molecule has 0 aromatic heterocycles. The van der Waals surface area contributed by atoms with Crippen molar-refractivity contribution in [2.24, 2.45) is 5.73 Å². The molecule has 0 aromatic rings. The molecule has 1 aliphatic rings. The molecular weight excluding hydrogens is 713 g/mol. The molecule has 0 radical (unpaired) electrons. The number of hydrogen-bond acceptors (Lipinski definition) is 8. The predicted octanol–water partition coefficient (Wildman–Crippen LogP) is 12.1. The Morgan fingerprint density at radius 2 is 1.20 bits per heavy atom. The van der Waals surface area contributed by atoms with E-state index in [1.807, 2.05) is 18.2 Å². The maximum Gasteiger partial charge on any atom is 0.472 e. The summed E-state index contributed by atoms with van der Waals surface area (Å²) in [5.41, 5.74) is 5.36. The van der Waals surface area contributed by atoms with Crippen molar-refractivity contribution in [1.29, 1.82) is 0 Å². The van der Waals surface area contributed by atoms with Gasteiger partial charge in [0.1, 0.15) is 6.61 Å². The summed E-state index contributed by atoms with van der Waals surface area (Å²) in [5, 5.41) is 0. The molecule has 55 heavy (non-hydrogen) atoms. The van der Waals surface area contributed by atoms with Crippen molar-refractivity contribution in [2.75, 3.05) is 26.4 Å². The lowest BCUT2D eigenvalue weighted by Gasteiger charge is -2.19. The predicted molar refractivity (Wildman–Crippen MR) is 228 cm³/mol. The van der Waals surface area contributed by atoms with E-state index in [9.17, 15) is 14.3 Å². The summed E-state index contributed by atoms with van der Waals surface area (Å²) < 4.78 is 38.8. The minimum atomic E-state index is -4.32. The molecule has 1 fully saturated rings. The molecule has 9 nitrogen and oxygen atoms in total. The first-order valence-electron chi connectivity index (χ1n) is 21.6. The third-order valence-electron chi connectivity index (χ3n) is 9.12. The molecule has 1 rings (SSSR count). The lowest BCUT2D eigenvalue weighted by Crippen LogP contribution is -2.27. The Bertz CT molecular complexity index is 1130. The smallest absolute Gasteiger partial charge is 0.472 e. The van der Waals surface area contributed by atoms with E-state index in [1.165, 1.54) is 83.5 Å². The SMILES string of the molecule is CC/C=C\CC1OC1C/C=C\C/C=C\C/C=C\C/C=C\CCC(=O)OC(CO/C=C\CCCCCCCCCCCCCCCC)COP(=O)(O)OCCN. The fourth-order valence-electron chi connectivity index (χ4n) is 5.85. The van der Waals surface area contributed by atoms with Gasteiger partial charge in [-0.2, -0.15) is 0 Å². The van der Waals surface area contributed by atoms with Crippen molar-refractivity contribution in [2.45, 2.75) is 180 Å². The number of phosphoric acid groups is 1. The number of nitrogens with two attached hydrogens (primary N) is 1. The number of carbonyl (C=O) groups excluding carboxylic acids is 1. The normalized spacial score (nSPS) is 17.8. The number of rotatable bonds is 39. The van der Waals surface area contributed by atoms with Gasteiger partial charge < -0.3 is 24.8 Å². The van der Waals surface area contributed by atoms with Crippen LogP contribution < -0.4 is 5.73 Å². The molecule has 1 heterocycles. The topological polar surface area (TPSA) is 130 Å². The van der Waals surface area contributed by atoms with Crippen LogP contribution in [-0.2, 0) is 32.6 Å². The highest BCUT2D eigenvalue weighted by Gasteiger charge is 2.36. The van der Waals surface area contributed by atoms with Gasteiger partial charge in [0.05, 0.1) is 31.7 Å². The standard InChI is InChI=1S/C45H78NO8P/c1-3-5-7-8-9-10-11-12-13-14-17-20-23-26-29-33-38-50-40-42(41-52-55(48,49)51-39-37-46)53-45(47)36-32-28-25-22-19-16-15-18-21-24-27-31-35-44-43(54-44)34-30-6-4-2/h6,16,18-19,21,25,27-28,30-31,33,38,42-44H,3-5,7-15,17,20,22-24,26,29,32,34-37,39-41,46H2,1-2H3,(H,48,49)/b19-16-,21-18-,28-25-,30-6-,31-27-,38-33-. The molecule has 3 N–H and O–H groups in total. The minimum absolute atomic E-state index is 0.00369. The van der Waals surface area contributed by atoms with Gasteiger partial charge in [0, 0.05) is 13.0 Å². The zero-order valence-electron chi connectivity index (χ0n) is 34.6. The highest BCUT2D eigenvalue weighted by molar-refractivity contribution is 7.47. The van der Waals surface area contributed by atoms with E-state index >= 15 is 0 Å². The summed E-state index contributed by atoms with van der Waals surface area (Å²) in [7, 11) is -4.32. The van der Waals surface area contributed by atoms with E-state index in [0.717, 1.165) is 51.4 Å². The van der Waals surface area contributed by atoms with Gasteiger partial charge in [0.25, 0.3) is 0 Å². The van der Waals surface area contributed by atoms with Crippen LogP contribution >= 0.6 is 7.82 Å². The summed E-state index contributed by atoms with van der Waals surface area (Å²) in [6.07, 6.45) is 50.7. The Kier molecular flexibility index (Phi) is 34.4. The Labute approximate surface area is 335 Å². The Balaban J connectivity index is 2.20. The van der Waals surface area contributed by atoms with Crippen molar-refractivity contribution < 1.29 is 37.5 Å². The molecule has 1 aliphatic heterocycles. The number of allylic oxidation sites excluding steroid dienone is 9. The summed E-state index contributed by atoms with van der Waals surface area (Å²) in [6.45, 7) is 4.02. The second kappa shape index (κ2) is 37.3. The first-order valence-corrected chi connectivity index (χ1v) is 23.1. The van der Waals surface area contributed by atoms with Crippen molar-refractivity contribution in [3.8, 4) is 0 Å². The van der Waals surface area contributed by atoms with Crippen LogP contribution in [0, 0.1) is 0 Å². The molecule has 0 saturated carbocycles. The summed E-state index contributed by atoms with van der Waals surface area (Å²) in [6, 6.07) is 0. The number of esters is 1. The van der Waals surface area contributed by atoms with E-state index in [4.69, 9.17) is 29.0 Å². The van der Waals surface area contributed by atoms with Crippen molar-refractivity contribution >= 4 is 13.8 Å². The molecule has 0 spiro atoms. The molecule has 0 aliphatic carbocycles. The van der Waals surface area contributed by atoms with Gasteiger partial charge in [-0.05, 0) is 63.9 Å². The monoisotopic (exact) mass is 792 g/mol. The average molecular weight is 792 g/mol. The summed E-state index contributed by atoms with van der Waals surface area (Å²) >= 11 is 0. The number of hydrogen-bond donors (Lipinski definition) is 2. The van der Waals surface area contributed by atoms with E-state index in [0.29, 0.717) is 18.6 Å². The zero-order chi connectivity index (χ0) is 39.9. The first-order chi connectivity index (χ1) is 26.9. The van der Waals surface area contributed by atoms with Crippen LogP contribution in [0.3, 0.4) is 0 Å². The lowest BCUT2D eigenvalue weighted by molar-refractivity contribution is -0.153. The van der Waals surface area contributed by atoms with Crippen LogP contribution in [0.4, 0.5) is 0 Å². The second-order valence-electron chi connectivity index (χ2n) is 14.3. The van der Waals surface area contributed by atoms with Crippen LogP contribution in [0.25, 0.3) is 0 Å². The van der Waals surface area contributed by atoms with E-state index in [1.54, 1.807) is 6.26 Å². The van der Waals surface area contributed by atoms with Gasteiger partial charge >= 0.3 is 13.8 Å². The number of epoxide rings is 1. The third-order valence-corrected chi connectivity index (χ3v) is 10.1. The van der Waals surface area contributed by atoms with E-state index in [2.05, 4.69) is 62.5 Å². The second-order valence-corrected chi connectivity index (χ2v) is 15.7. The minimum Gasteiger partial charge on any atom is -0.498 e. The number of unbranched alkanes of at least 4 members (excludes halogenated alkanes) is 14. The quantitative estimate of drug-likeness (QED) is 0.0156. The number of carbonyl (C=O) groups is 1. The molecule has 316 valence electrons. The maximum atomic E-state index is 12.5. The maximum absolute atomic E-state index is 12.5. The van der Waals surface area contributed by atoms with Crippen molar-refractivity contribution in [3.05, 3.63) is 73.1 Å². The van der Waals surface area contributed by atoms with Crippen molar-refractivity contribution in [1.82, 2.24) is 0 Å². The molecule has 1 saturated heterocycles. The summed E-state index contributed by atoms with van der Waals surface area (Å²) in [5.74, 6) is -0.438. The Morgan fingerprint density at radius 3 is 1.76 bits per heavy atom. The molecule has 0 amide bonds. The largest absolute Gasteiger partial charge is 0.498 e. The first kappa shape index (κ1) is 50.8. The zero-order valence-corrected chi connectivity index (χ0v) is 35.5.